The van der Waals surface area contributed by atoms with Crippen molar-refractivity contribution in [2.45, 2.75) is 10.6 Å². The Kier molecular flexibility index (Phi) is 3.78. The summed E-state index contributed by atoms with van der Waals surface area (Å²) >= 11 is 5.71. The van der Waals surface area contributed by atoms with Crippen LogP contribution < -0.4 is 5.73 Å². The van der Waals surface area contributed by atoms with Crippen LogP contribution in [0.4, 0.5) is 10.1 Å². The van der Waals surface area contributed by atoms with Gasteiger partial charge in [-0.2, -0.15) is 0 Å². The highest BCUT2D eigenvalue weighted by molar-refractivity contribution is 7.90. The fourth-order valence-corrected chi connectivity index (χ4v) is 3.09. The molecule has 6 heteroatoms. The van der Waals surface area contributed by atoms with Crippen LogP contribution in [-0.4, -0.2) is 8.42 Å². The van der Waals surface area contributed by atoms with Crippen LogP contribution in [0.5, 0.6) is 0 Å². The number of nitrogen functional groups attached to an aromatic ring is 1. The van der Waals surface area contributed by atoms with E-state index in [4.69, 9.17) is 17.3 Å². The first-order chi connectivity index (χ1) is 8.88. The van der Waals surface area contributed by atoms with Crippen molar-refractivity contribution < 1.29 is 12.8 Å². The van der Waals surface area contributed by atoms with Crippen molar-refractivity contribution in [3.05, 3.63) is 58.9 Å². The van der Waals surface area contributed by atoms with E-state index < -0.39 is 15.7 Å². The van der Waals surface area contributed by atoms with Crippen LogP contribution >= 0.6 is 11.6 Å². The van der Waals surface area contributed by atoms with E-state index in [1.807, 2.05) is 0 Å². The minimum absolute atomic E-state index is 0.0659. The summed E-state index contributed by atoms with van der Waals surface area (Å²) in [6.07, 6.45) is 0. The molecule has 0 aromatic heterocycles. The second kappa shape index (κ2) is 5.19. The standard InChI is InChI=1S/C13H11ClFNO2S/c14-10-2-4-11(5-3-10)19(17,18)8-9-1-6-12(15)13(16)7-9/h1-7H,8,16H2. The summed E-state index contributed by atoms with van der Waals surface area (Å²) in [6, 6.07) is 9.76. The summed E-state index contributed by atoms with van der Waals surface area (Å²) in [5.74, 6) is -0.799. The average molecular weight is 300 g/mol. The smallest absolute Gasteiger partial charge is 0.182 e. The minimum Gasteiger partial charge on any atom is -0.396 e. The highest BCUT2D eigenvalue weighted by Crippen LogP contribution is 2.20. The Bertz CT molecular complexity index is 699. The molecule has 0 saturated heterocycles. The number of benzene rings is 2. The Hall–Kier alpha value is -1.59. The molecule has 0 unspecified atom stereocenters. The maximum Gasteiger partial charge on any atom is 0.182 e. The number of hydrogen-bond acceptors (Lipinski definition) is 3. The van der Waals surface area contributed by atoms with Gasteiger partial charge in [-0.1, -0.05) is 17.7 Å². The molecule has 0 aliphatic heterocycles. The molecular weight excluding hydrogens is 289 g/mol. The van der Waals surface area contributed by atoms with E-state index in [-0.39, 0.29) is 16.3 Å². The van der Waals surface area contributed by atoms with Gasteiger partial charge in [0.1, 0.15) is 5.82 Å². The number of rotatable bonds is 3. The monoisotopic (exact) mass is 299 g/mol. The molecular formula is C13H11ClFNO2S. The van der Waals surface area contributed by atoms with Gasteiger partial charge in [-0.15, -0.1) is 0 Å². The predicted molar refractivity (Wildman–Crippen MR) is 73.2 cm³/mol. The second-order valence-electron chi connectivity index (χ2n) is 4.07. The first-order valence-corrected chi connectivity index (χ1v) is 7.44. The molecule has 0 saturated carbocycles. The summed E-state index contributed by atoms with van der Waals surface area (Å²) in [5, 5.41) is 0.463. The first kappa shape index (κ1) is 13.8. The summed E-state index contributed by atoms with van der Waals surface area (Å²) in [6.45, 7) is 0. The summed E-state index contributed by atoms with van der Waals surface area (Å²) < 4.78 is 37.3. The van der Waals surface area contributed by atoms with Crippen molar-refractivity contribution in [1.82, 2.24) is 0 Å². The maximum atomic E-state index is 13.0. The van der Waals surface area contributed by atoms with Gasteiger partial charge in [-0.3, -0.25) is 0 Å². The third kappa shape index (κ3) is 3.24. The molecule has 0 atom stereocenters. The molecule has 19 heavy (non-hydrogen) atoms. The normalized spacial score (nSPS) is 11.5. The van der Waals surface area contributed by atoms with Crippen molar-refractivity contribution >= 4 is 27.1 Å². The Labute approximate surface area is 115 Å². The lowest BCUT2D eigenvalue weighted by atomic mass is 10.2. The van der Waals surface area contributed by atoms with Gasteiger partial charge in [0.25, 0.3) is 0 Å². The quantitative estimate of drug-likeness (QED) is 0.886. The third-order valence-electron chi connectivity index (χ3n) is 2.59. The first-order valence-electron chi connectivity index (χ1n) is 5.41. The number of halogens is 2. The van der Waals surface area contributed by atoms with Crippen LogP contribution in [0.3, 0.4) is 0 Å². The Morgan fingerprint density at radius 1 is 1.11 bits per heavy atom. The Morgan fingerprint density at radius 2 is 1.74 bits per heavy atom. The van der Waals surface area contributed by atoms with Crippen molar-refractivity contribution in [1.29, 1.82) is 0 Å². The lowest BCUT2D eigenvalue weighted by molar-refractivity contribution is 0.595. The maximum absolute atomic E-state index is 13.0. The SMILES string of the molecule is Nc1cc(CS(=O)(=O)c2ccc(Cl)cc2)ccc1F. The molecule has 0 aliphatic rings. The molecule has 0 amide bonds. The molecule has 3 nitrogen and oxygen atoms in total. The van der Waals surface area contributed by atoms with E-state index in [9.17, 15) is 12.8 Å². The second-order valence-corrected chi connectivity index (χ2v) is 6.49. The van der Waals surface area contributed by atoms with Crippen molar-refractivity contribution in [2.75, 3.05) is 5.73 Å². The van der Waals surface area contributed by atoms with Crippen LogP contribution in [0.15, 0.2) is 47.4 Å². The summed E-state index contributed by atoms with van der Waals surface area (Å²) in [7, 11) is -3.50. The largest absolute Gasteiger partial charge is 0.396 e. The highest BCUT2D eigenvalue weighted by Gasteiger charge is 2.15. The molecule has 2 aromatic carbocycles. The molecule has 2 aromatic rings. The predicted octanol–water partition coefficient (Wildman–Crippen LogP) is 3.04. The van der Waals surface area contributed by atoms with Gasteiger partial charge in [-0.25, -0.2) is 12.8 Å². The zero-order chi connectivity index (χ0) is 14.0. The molecule has 2 N–H and O–H groups in total. The fourth-order valence-electron chi connectivity index (χ4n) is 1.63. The highest BCUT2D eigenvalue weighted by atomic mass is 35.5. The van der Waals surface area contributed by atoms with E-state index in [2.05, 4.69) is 0 Å². The topological polar surface area (TPSA) is 60.2 Å². The number of nitrogens with two attached hydrogens (primary N) is 1. The Balaban J connectivity index is 2.30. The third-order valence-corrected chi connectivity index (χ3v) is 4.55. The number of hydrogen-bond donors (Lipinski definition) is 1. The van der Waals surface area contributed by atoms with Crippen LogP contribution in [0.1, 0.15) is 5.56 Å². The molecule has 0 aliphatic carbocycles. The van der Waals surface area contributed by atoms with Crippen molar-refractivity contribution in [3.8, 4) is 0 Å². The van der Waals surface area contributed by atoms with Gasteiger partial charge in [0.05, 0.1) is 16.3 Å². The zero-order valence-electron chi connectivity index (χ0n) is 9.81. The molecule has 0 spiro atoms. The van der Waals surface area contributed by atoms with E-state index >= 15 is 0 Å². The summed E-state index contributed by atoms with van der Waals surface area (Å²) in [4.78, 5) is 0.166. The molecule has 100 valence electrons. The fraction of sp³-hybridized carbons (Fsp3) is 0.0769. The van der Waals surface area contributed by atoms with Crippen molar-refractivity contribution in [3.63, 3.8) is 0 Å². The molecule has 0 bridgehead atoms. The van der Waals surface area contributed by atoms with Gasteiger partial charge < -0.3 is 5.73 Å². The molecule has 0 heterocycles. The van der Waals surface area contributed by atoms with Gasteiger partial charge in [0.15, 0.2) is 9.84 Å². The van der Waals surface area contributed by atoms with Crippen LogP contribution in [0.25, 0.3) is 0 Å². The van der Waals surface area contributed by atoms with E-state index in [0.717, 1.165) is 6.07 Å². The molecule has 0 radical (unpaired) electrons. The average Bonchev–Trinajstić information content (AvgIpc) is 2.34. The van der Waals surface area contributed by atoms with Crippen LogP contribution in [-0.2, 0) is 15.6 Å². The summed E-state index contributed by atoms with van der Waals surface area (Å²) in [5.41, 5.74) is 5.78. The lowest BCUT2D eigenvalue weighted by Crippen LogP contribution is -2.05. The van der Waals surface area contributed by atoms with E-state index in [1.165, 1.54) is 36.4 Å². The molecule has 2 rings (SSSR count). The van der Waals surface area contributed by atoms with E-state index in [1.54, 1.807) is 0 Å². The zero-order valence-corrected chi connectivity index (χ0v) is 11.4. The van der Waals surface area contributed by atoms with Gasteiger partial charge in [0, 0.05) is 5.02 Å². The number of sulfone groups is 1. The molecule has 0 fully saturated rings. The van der Waals surface area contributed by atoms with Crippen LogP contribution in [0, 0.1) is 5.82 Å². The van der Waals surface area contributed by atoms with Crippen molar-refractivity contribution in [2.24, 2.45) is 0 Å². The Morgan fingerprint density at radius 3 is 2.32 bits per heavy atom. The minimum atomic E-state index is -3.50. The van der Waals surface area contributed by atoms with Gasteiger partial charge in [-0.05, 0) is 42.0 Å². The lowest BCUT2D eigenvalue weighted by Gasteiger charge is -2.06. The van der Waals surface area contributed by atoms with E-state index in [0.29, 0.717) is 10.6 Å². The number of anilines is 1. The van der Waals surface area contributed by atoms with Gasteiger partial charge >= 0.3 is 0 Å². The van der Waals surface area contributed by atoms with Crippen LogP contribution in [0.2, 0.25) is 5.02 Å². The van der Waals surface area contributed by atoms with Gasteiger partial charge in [0.2, 0.25) is 0 Å².